The Kier molecular flexibility index (Phi) is 6.09. The molecule has 138 valence electrons. The molecule has 25 heavy (non-hydrogen) atoms. The van der Waals surface area contributed by atoms with Gasteiger partial charge in [0.2, 0.25) is 5.91 Å². The Morgan fingerprint density at radius 1 is 1.16 bits per heavy atom. The maximum absolute atomic E-state index is 12.1. The van der Waals surface area contributed by atoms with Crippen LogP contribution in [0, 0.1) is 5.41 Å². The molecule has 3 heterocycles. The van der Waals surface area contributed by atoms with E-state index < -0.39 is 0 Å². The van der Waals surface area contributed by atoms with Crippen LogP contribution in [-0.4, -0.2) is 62.7 Å². The number of hydrogen-bond donors (Lipinski definition) is 2. The fraction of sp³-hybridized carbons (Fsp3) is 0.667. The third-order valence-electron chi connectivity index (χ3n) is 5.13. The van der Waals surface area contributed by atoms with Gasteiger partial charge in [0.25, 0.3) is 5.91 Å². The molecular weight excluding hydrogens is 322 g/mol. The average Bonchev–Trinajstić information content (AvgIpc) is 3.32. The monoisotopic (exact) mass is 349 g/mol. The molecule has 7 heteroatoms. The van der Waals surface area contributed by atoms with Gasteiger partial charge in [-0.15, -0.1) is 0 Å². The van der Waals surface area contributed by atoms with E-state index in [0.717, 1.165) is 45.7 Å². The van der Waals surface area contributed by atoms with Crippen molar-refractivity contribution in [3.63, 3.8) is 0 Å². The second-order valence-corrected chi connectivity index (χ2v) is 7.03. The largest absolute Gasteiger partial charge is 0.459 e. The van der Waals surface area contributed by atoms with Crippen LogP contribution < -0.4 is 10.6 Å². The molecule has 0 aliphatic carbocycles. The summed E-state index contributed by atoms with van der Waals surface area (Å²) in [6.07, 6.45) is 5.88. The highest BCUT2D eigenvalue weighted by atomic mass is 16.5. The second-order valence-electron chi connectivity index (χ2n) is 7.03. The summed E-state index contributed by atoms with van der Waals surface area (Å²) in [6, 6.07) is 3.21. The topological polar surface area (TPSA) is 83.8 Å². The quantitative estimate of drug-likeness (QED) is 0.768. The van der Waals surface area contributed by atoms with Crippen LogP contribution in [0.4, 0.5) is 0 Å². The van der Waals surface area contributed by atoms with Crippen LogP contribution in [0.3, 0.4) is 0 Å². The van der Waals surface area contributed by atoms with Crippen LogP contribution in [0.5, 0.6) is 0 Å². The maximum atomic E-state index is 12.1. The van der Waals surface area contributed by atoms with Crippen LogP contribution in [0.1, 0.15) is 36.2 Å². The van der Waals surface area contributed by atoms with E-state index in [2.05, 4.69) is 15.5 Å². The van der Waals surface area contributed by atoms with Crippen molar-refractivity contribution in [1.82, 2.24) is 15.5 Å². The van der Waals surface area contributed by atoms with E-state index in [0.29, 0.717) is 6.54 Å². The van der Waals surface area contributed by atoms with Crippen LogP contribution in [-0.2, 0) is 9.53 Å². The number of carbonyl (C=O) groups is 2. The lowest BCUT2D eigenvalue weighted by atomic mass is 9.79. The molecular formula is C18H27N3O4. The molecule has 2 aliphatic rings. The summed E-state index contributed by atoms with van der Waals surface area (Å²) >= 11 is 0. The fourth-order valence-electron chi connectivity index (χ4n) is 3.61. The lowest BCUT2D eigenvalue weighted by Crippen LogP contribution is -2.49. The molecule has 0 radical (unpaired) electrons. The Labute approximate surface area is 148 Å². The number of rotatable bonds is 7. The molecule has 1 aromatic rings. The first-order valence-electron chi connectivity index (χ1n) is 9.05. The summed E-state index contributed by atoms with van der Waals surface area (Å²) in [5, 5.41) is 5.58. The highest BCUT2D eigenvalue weighted by molar-refractivity contribution is 5.94. The zero-order valence-electron chi connectivity index (χ0n) is 14.6. The third kappa shape index (κ3) is 5.06. The molecule has 2 aliphatic heterocycles. The van der Waals surface area contributed by atoms with Gasteiger partial charge in [0.15, 0.2) is 5.76 Å². The van der Waals surface area contributed by atoms with Crippen molar-refractivity contribution >= 4 is 11.8 Å². The zero-order valence-corrected chi connectivity index (χ0v) is 14.6. The summed E-state index contributed by atoms with van der Waals surface area (Å²) in [5.41, 5.74) is 0.0727. The first kappa shape index (κ1) is 17.9. The molecule has 0 saturated carbocycles. The summed E-state index contributed by atoms with van der Waals surface area (Å²) in [4.78, 5) is 26.4. The Bertz CT molecular complexity index is 561. The van der Waals surface area contributed by atoms with Gasteiger partial charge in [-0.1, -0.05) is 0 Å². The van der Waals surface area contributed by atoms with E-state index in [1.165, 1.54) is 19.1 Å². The highest BCUT2D eigenvalue weighted by Crippen LogP contribution is 2.32. The van der Waals surface area contributed by atoms with E-state index in [1.807, 2.05) is 0 Å². The van der Waals surface area contributed by atoms with Crippen molar-refractivity contribution in [3.05, 3.63) is 24.2 Å². The second kappa shape index (κ2) is 8.49. The molecule has 0 atom stereocenters. The van der Waals surface area contributed by atoms with E-state index >= 15 is 0 Å². The highest BCUT2D eigenvalue weighted by Gasteiger charge is 2.35. The molecule has 0 unspecified atom stereocenters. The van der Waals surface area contributed by atoms with Gasteiger partial charge < -0.3 is 24.7 Å². The molecule has 0 bridgehead atoms. The Balaban J connectivity index is 1.46. The van der Waals surface area contributed by atoms with Crippen LogP contribution in [0.2, 0.25) is 0 Å². The summed E-state index contributed by atoms with van der Waals surface area (Å²) in [5.74, 6) is -0.340. The van der Waals surface area contributed by atoms with E-state index in [4.69, 9.17) is 9.15 Å². The number of hydrogen-bond acceptors (Lipinski definition) is 5. The van der Waals surface area contributed by atoms with Gasteiger partial charge >= 0.3 is 0 Å². The third-order valence-corrected chi connectivity index (χ3v) is 5.13. The van der Waals surface area contributed by atoms with Crippen LogP contribution >= 0.6 is 0 Å². The molecule has 0 spiro atoms. The van der Waals surface area contributed by atoms with E-state index in [-0.39, 0.29) is 29.5 Å². The minimum atomic E-state index is -0.377. The smallest absolute Gasteiger partial charge is 0.287 e. The molecule has 2 fully saturated rings. The van der Waals surface area contributed by atoms with Crippen molar-refractivity contribution < 1.29 is 18.7 Å². The normalized spacial score (nSPS) is 20.3. The van der Waals surface area contributed by atoms with Crippen molar-refractivity contribution in [2.24, 2.45) is 5.41 Å². The number of carbonyl (C=O) groups excluding carboxylic acids is 2. The minimum Gasteiger partial charge on any atom is -0.459 e. The summed E-state index contributed by atoms with van der Waals surface area (Å²) < 4.78 is 10.5. The average molecular weight is 349 g/mol. The first-order chi connectivity index (χ1) is 12.2. The Morgan fingerprint density at radius 3 is 2.60 bits per heavy atom. The first-order valence-corrected chi connectivity index (χ1v) is 9.05. The van der Waals surface area contributed by atoms with Crippen LogP contribution in [0.25, 0.3) is 0 Å². The summed E-state index contributed by atoms with van der Waals surface area (Å²) in [7, 11) is 0. The van der Waals surface area contributed by atoms with Crippen molar-refractivity contribution in [2.75, 3.05) is 45.9 Å². The molecule has 0 aromatic carbocycles. The number of ether oxygens (including phenoxy) is 1. The Morgan fingerprint density at radius 2 is 1.92 bits per heavy atom. The van der Waals surface area contributed by atoms with Gasteiger partial charge in [-0.2, -0.15) is 0 Å². The van der Waals surface area contributed by atoms with Crippen molar-refractivity contribution in [2.45, 2.75) is 25.7 Å². The number of nitrogens with zero attached hydrogens (tertiary/aromatic N) is 1. The molecule has 2 saturated heterocycles. The number of likely N-dealkylation sites (tertiary alicyclic amines) is 1. The molecule has 2 amide bonds. The Hall–Kier alpha value is -1.86. The number of furan rings is 1. The standard InChI is InChI=1S/C18H27N3O4/c22-16(12-19-17(23)15-4-3-9-25-15)20-13-18(5-10-24-11-6-18)14-21-7-1-2-8-21/h3-4,9H,1-2,5-8,10-14H2,(H,19,23)(H,20,22). The van der Waals surface area contributed by atoms with Gasteiger partial charge in [-0.05, 0) is 50.9 Å². The lowest BCUT2D eigenvalue weighted by molar-refractivity contribution is -0.121. The van der Waals surface area contributed by atoms with Gasteiger partial charge in [0, 0.05) is 31.7 Å². The fourth-order valence-corrected chi connectivity index (χ4v) is 3.61. The van der Waals surface area contributed by atoms with Crippen molar-refractivity contribution in [3.8, 4) is 0 Å². The minimum absolute atomic E-state index is 0.0458. The predicted octanol–water partition coefficient (Wildman–Crippen LogP) is 1.02. The maximum Gasteiger partial charge on any atom is 0.287 e. The van der Waals surface area contributed by atoms with Gasteiger partial charge in [0.05, 0.1) is 12.8 Å². The summed E-state index contributed by atoms with van der Waals surface area (Å²) in [6.45, 7) is 5.39. The SMILES string of the molecule is O=C(CNC(=O)c1ccco1)NCC1(CN2CCCC2)CCOCC1. The van der Waals surface area contributed by atoms with Gasteiger partial charge in [-0.25, -0.2) is 0 Å². The lowest BCUT2D eigenvalue weighted by Gasteiger charge is -2.40. The predicted molar refractivity (Wildman–Crippen MR) is 92.2 cm³/mol. The van der Waals surface area contributed by atoms with Gasteiger partial charge in [-0.3, -0.25) is 9.59 Å². The zero-order chi connectivity index (χ0) is 17.5. The number of nitrogens with one attached hydrogen (secondary N) is 2. The molecule has 7 nitrogen and oxygen atoms in total. The molecule has 3 rings (SSSR count). The molecule has 1 aromatic heterocycles. The van der Waals surface area contributed by atoms with E-state index in [1.54, 1.807) is 12.1 Å². The number of amides is 2. The van der Waals surface area contributed by atoms with Crippen molar-refractivity contribution in [1.29, 1.82) is 0 Å². The molecule has 2 N–H and O–H groups in total. The van der Waals surface area contributed by atoms with E-state index in [9.17, 15) is 9.59 Å². The van der Waals surface area contributed by atoms with Gasteiger partial charge in [0.1, 0.15) is 0 Å². The van der Waals surface area contributed by atoms with Crippen LogP contribution in [0.15, 0.2) is 22.8 Å².